The minimum absolute atomic E-state index is 0.440. The van der Waals surface area contributed by atoms with Gasteiger partial charge in [-0.25, -0.2) is 0 Å². The highest BCUT2D eigenvalue weighted by molar-refractivity contribution is 5.79. The molecule has 0 spiro atoms. The van der Waals surface area contributed by atoms with Gasteiger partial charge >= 0.3 is 0 Å². The molecular weight excluding hydrogens is 272 g/mol. The monoisotopic (exact) mass is 296 g/mol. The number of aliphatic imine (C=N–C) groups is 1. The van der Waals surface area contributed by atoms with Crippen LogP contribution >= 0.6 is 0 Å². The summed E-state index contributed by atoms with van der Waals surface area (Å²) in [6, 6.07) is 16.5. The third-order valence-electron chi connectivity index (χ3n) is 3.57. The lowest BCUT2D eigenvalue weighted by Gasteiger charge is -2.16. The molecule has 116 valence electrons. The number of benzene rings is 1. The number of aromatic nitrogens is 1. The summed E-state index contributed by atoms with van der Waals surface area (Å²) in [5, 5.41) is 6.70. The number of pyridine rings is 1. The molecule has 1 aromatic carbocycles. The Kier molecular flexibility index (Phi) is 6.42. The highest BCUT2D eigenvalue weighted by atomic mass is 15.2. The molecular formula is C18H24N4. The maximum Gasteiger partial charge on any atom is 0.191 e. The van der Waals surface area contributed by atoms with Crippen LogP contribution in [0.2, 0.25) is 0 Å². The topological polar surface area (TPSA) is 49.3 Å². The zero-order chi connectivity index (χ0) is 15.6. The molecule has 0 radical (unpaired) electrons. The molecule has 1 heterocycles. The van der Waals surface area contributed by atoms with Crippen LogP contribution in [0.4, 0.5) is 0 Å². The first-order valence-corrected chi connectivity index (χ1v) is 7.69. The largest absolute Gasteiger partial charge is 0.356 e. The lowest BCUT2D eigenvalue weighted by atomic mass is 10.0. The van der Waals surface area contributed by atoms with Crippen molar-refractivity contribution in [2.24, 2.45) is 4.99 Å². The standard InChI is InChI=1S/C18H24N4/c1-15(16-8-4-3-5-9-16)14-22-18(19-2)21-13-11-17-10-6-7-12-20-17/h3-10,12,15H,11,13-14H2,1-2H3,(H2,19,21,22). The Labute approximate surface area is 132 Å². The van der Waals surface area contributed by atoms with Gasteiger partial charge in [0.1, 0.15) is 0 Å². The van der Waals surface area contributed by atoms with E-state index in [-0.39, 0.29) is 0 Å². The Morgan fingerprint density at radius 2 is 1.86 bits per heavy atom. The third kappa shape index (κ3) is 5.20. The summed E-state index contributed by atoms with van der Waals surface area (Å²) in [5.74, 6) is 1.27. The van der Waals surface area contributed by atoms with Gasteiger partial charge in [-0.1, -0.05) is 43.3 Å². The SMILES string of the molecule is CN=C(NCCc1ccccn1)NCC(C)c1ccccc1. The smallest absolute Gasteiger partial charge is 0.191 e. The number of hydrogen-bond acceptors (Lipinski definition) is 2. The molecule has 2 aromatic rings. The molecule has 1 atom stereocenters. The molecule has 0 saturated carbocycles. The van der Waals surface area contributed by atoms with E-state index in [1.807, 2.05) is 30.5 Å². The summed E-state index contributed by atoms with van der Waals surface area (Å²) in [7, 11) is 1.79. The van der Waals surface area contributed by atoms with E-state index in [0.29, 0.717) is 5.92 Å². The van der Waals surface area contributed by atoms with E-state index in [2.05, 4.69) is 51.8 Å². The molecule has 1 unspecified atom stereocenters. The first-order valence-electron chi connectivity index (χ1n) is 7.69. The average Bonchev–Trinajstić information content (AvgIpc) is 2.59. The van der Waals surface area contributed by atoms with Gasteiger partial charge in [-0.05, 0) is 23.6 Å². The van der Waals surface area contributed by atoms with E-state index in [9.17, 15) is 0 Å². The molecule has 1 aromatic heterocycles. The Morgan fingerprint density at radius 1 is 1.09 bits per heavy atom. The van der Waals surface area contributed by atoms with Crippen molar-refractivity contribution >= 4 is 5.96 Å². The average molecular weight is 296 g/mol. The van der Waals surface area contributed by atoms with Crippen LogP contribution in [0.5, 0.6) is 0 Å². The van der Waals surface area contributed by atoms with Gasteiger partial charge in [0.05, 0.1) is 0 Å². The maximum atomic E-state index is 4.32. The summed E-state index contributed by atoms with van der Waals surface area (Å²) >= 11 is 0. The Bertz CT molecular complexity index is 566. The van der Waals surface area contributed by atoms with Crippen LogP contribution < -0.4 is 10.6 Å². The summed E-state index contributed by atoms with van der Waals surface area (Å²) < 4.78 is 0. The minimum atomic E-state index is 0.440. The van der Waals surface area contributed by atoms with Crippen molar-refractivity contribution in [3.05, 3.63) is 66.0 Å². The summed E-state index contributed by atoms with van der Waals surface area (Å²) in [5.41, 5.74) is 2.42. The third-order valence-corrected chi connectivity index (χ3v) is 3.57. The molecule has 2 rings (SSSR count). The predicted octanol–water partition coefficient (Wildman–Crippen LogP) is 2.59. The number of rotatable bonds is 6. The second-order valence-corrected chi connectivity index (χ2v) is 5.26. The lowest BCUT2D eigenvalue weighted by molar-refractivity contribution is 0.696. The van der Waals surface area contributed by atoms with Crippen LogP contribution in [0, 0.1) is 0 Å². The van der Waals surface area contributed by atoms with Gasteiger partial charge in [-0.2, -0.15) is 0 Å². The predicted molar refractivity (Wildman–Crippen MR) is 92.2 cm³/mol. The second-order valence-electron chi connectivity index (χ2n) is 5.26. The van der Waals surface area contributed by atoms with E-state index in [0.717, 1.165) is 31.2 Å². The van der Waals surface area contributed by atoms with E-state index in [4.69, 9.17) is 0 Å². The van der Waals surface area contributed by atoms with Gasteiger partial charge in [0.15, 0.2) is 5.96 Å². The van der Waals surface area contributed by atoms with Crippen LogP contribution in [0.25, 0.3) is 0 Å². The van der Waals surface area contributed by atoms with Crippen molar-refractivity contribution in [3.63, 3.8) is 0 Å². The van der Waals surface area contributed by atoms with Crippen molar-refractivity contribution in [1.82, 2.24) is 15.6 Å². The van der Waals surface area contributed by atoms with Gasteiger partial charge in [-0.3, -0.25) is 9.98 Å². The van der Waals surface area contributed by atoms with Crippen molar-refractivity contribution in [1.29, 1.82) is 0 Å². The van der Waals surface area contributed by atoms with Crippen LogP contribution in [-0.2, 0) is 6.42 Å². The van der Waals surface area contributed by atoms with Gasteiger partial charge in [0, 0.05) is 38.4 Å². The number of nitrogens with one attached hydrogen (secondary N) is 2. The Morgan fingerprint density at radius 3 is 2.55 bits per heavy atom. The molecule has 22 heavy (non-hydrogen) atoms. The fraction of sp³-hybridized carbons (Fsp3) is 0.333. The van der Waals surface area contributed by atoms with Gasteiger partial charge in [0.25, 0.3) is 0 Å². The zero-order valence-electron chi connectivity index (χ0n) is 13.3. The van der Waals surface area contributed by atoms with E-state index in [1.54, 1.807) is 7.05 Å². The minimum Gasteiger partial charge on any atom is -0.356 e. The number of hydrogen-bond donors (Lipinski definition) is 2. The Balaban J connectivity index is 1.73. The molecule has 0 aliphatic carbocycles. The fourth-order valence-corrected chi connectivity index (χ4v) is 2.22. The normalized spacial score (nSPS) is 12.7. The van der Waals surface area contributed by atoms with Crippen molar-refractivity contribution in [3.8, 4) is 0 Å². The molecule has 0 aliphatic rings. The van der Waals surface area contributed by atoms with E-state index < -0.39 is 0 Å². The van der Waals surface area contributed by atoms with Gasteiger partial charge in [-0.15, -0.1) is 0 Å². The lowest BCUT2D eigenvalue weighted by Crippen LogP contribution is -2.40. The highest BCUT2D eigenvalue weighted by Gasteiger charge is 2.06. The number of guanidine groups is 1. The van der Waals surface area contributed by atoms with Gasteiger partial charge in [0.2, 0.25) is 0 Å². The Hall–Kier alpha value is -2.36. The van der Waals surface area contributed by atoms with Crippen molar-refractivity contribution < 1.29 is 0 Å². The van der Waals surface area contributed by atoms with Crippen molar-refractivity contribution in [2.45, 2.75) is 19.3 Å². The maximum absolute atomic E-state index is 4.32. The van der Waals surface area contributed by atoms with Crippen LogP contribution in [0.15, 0.2) is 59.7 Å². The van der Waals surface area contributed by atoms with Gasteiger partial charge < -0.3 is 10.6 Å². The van der Waals surface area contributed by atoms with Crippen LogP contribution in [0.1, 0.15) is 24.1 Å². The molecule has 0 saturated heterocycles. The van der Waals surface area contributed by atoms with Crippen LogP contribution in [-0.4, -0.2) is 31.1 Å². The van der Waals surface area contributed by atoms with Crippen molar-refractivity contribution in [2.75, 3.05) is 20.1 Å². The molecule has 0 fully saturated rings. The molecule has 4 heteroatoms. The summed E-state index contributed by atoms with van der Waals surface area (Å²) in [4.78, 5) is 8.57. The first kappa shape index (κ1) is 16.0. The molecule has 2 N–H and O–H groups in total. The van der Waals surface area contributed by atoms with E-state index in [1.165, 1.54) is 5.56 Å². The quantitative estimate of drug-likeness (QED) is 0.636. The molecule has 0 bridgehead atoms. The van der Waals surface area contributed by atoms with E-state index >= 15 is 0 Å². The fourth-order valence-electron chi connectivity index (χ4n) is 2.22. The second kappa shape index (κ2) is 8.82. The first-order chi connectivity index (χ1) is 10.8. The molecule has 4 nitrogen and oxygen atoms in total. The molecule has 0 amide bonds. The number of nitrogens with zero attached hydrogens (tertiary/aromatic N) is 2. The van der Waals surface area contributed by atoms with Crippen LogP contribution in [0.3, 0.4) is 0 Å². The summed E-state index contributed by atoms with van der Waals surface area (Å²) in [6.07, 6.45) is 2.71. The molecule has 0 aliphatic heterocycles. The zero-order valence-corrected chi connectivity index (χ0v) is 13.3. The highest BCUT2D eigenvalue weighted by Crippen LogP contribution is 2.12. The summed E-state index contributed by atoms with van der Waals surface area (Å²) in [6.45, 7) is 3.88.